The van der Waals surface area contributed by atoms with Gasteiger partial charge >= 0.3 is 0 Å². The van der Waals surface area contributed by atoms with Crippen molar-refractivity contribution in [2.75, 3.05) is 18.5 Å². The van der Waals surface area contributed by atoms with Crippen molar-refractivity contribution in [3.63, 3.8) is 0 Å². The van der Waals surface area contributed by atoms with Gasteiger partial charge in [-0.2, -0.15) is 0 Å². The van der Waals surface area contributed by atoms with E-state index in [0.29, 0.717) is 6.04 Å². The molecule has 2 heterocycles. The number of rotatable bonds is 3. The van der Waals surface area contributed by atoms with Crippen molar-refractivity contribution >= 4 is 16.5 Å². The average molecular weight is 225 g/mol. The number of nitrogens with zero attached hydrogens (tertiary/aromatic N) is 2. The molecule has 0 aliphatic carbocycles. The van der Waals surface area contributed by atoms with Crippen LogP contribution in [0.4, 0.5) is 5.13 Å². The number of thiazole rings is 1. The third-order valence-electron chi connectivity index (χ3n) is 2.92. The molecule has 0 spiro atoms. The van der Waals surface area contributed by atoms with Crippen LogP contribution in [0.5, 0.6) is 0 Å². The molecule has 4 heteroatoms. The van der Waals surface area contributed by atoms with Crippen LogP contribution in [-0.4, -0.2) is 24.6 Å². The SMILES string of the molecule is CNCc1cnc(N2CC(C)CC2C)s1. The average Bonchev–Trinajstić information content (AvgIpc) is 2.73. The molecule has 84 valence electrons. The Morgan fingerprint density at radius 1 is 1.60 bits per heavy atom. The molecule has 1 fully saturated rings. The molecule has 15 heavy (non-hydrogen) atoms. The minimum absolute atomic E-state index is 0.647. The Hall–Kier alpha value is -0.610. The molecule has 1 aliphatic rings. The third kappa shape index (κ3) is 2.32. The largest absolute Gasteiger partial charge is 0.345 e. The molecule has 2 atom stereocenters. The van der Waals surface area contributed by atoms with Crippen molar-refractivity contribution in [1.82, 2.24) is 10.3 Å². The van der Waals surface area contributed by atoms with E-state index in [2.05, 4.69) is 29.0 Å². The van der Waals surface area contributed by atoms with Gasteiger partial charge in [-0.25, -0.2) is 4.98 Å². The van der Waals surface area contributed by atoms with Gasteiger partial charge in [0.2, 0.25) is 0 Å². The molecule has 1 N–H and O–H groups in total. The first-order valence-electron chi connectivity index (χ1n) is 5.56. The zero-order valence-corrected chi connectivity index (χ0v) is 10.5. The summed E-state index contributed by atoms with van der Waals surface area (Å²) in [6.45, 7) is 6.70. The van der Waals surface area contributed by atoms with E-state index < -0.39 is 0 Å². The number of hydrogen-bond donors (Lipinski definition) is 1. The van der Waals surface area contributed by atoms with Gasteiger partial charge in [0.15, 0.2) is 5.13 Å². The molecule has 0 saturated carbocycles. The van der Waals surface area contributed by atoms with Crippen molar-refractivity contribution in [2.45, 2.75) is 32.9 Å². The van der Waals surface area contributed by atoms with E-state index in [-0.39, 0.29) is 0 Å². The summed E-state index contributed by atoms with van der Waals surface area (Å²) in [6, 6.07) is 0.647. The normalized spacial score (nSPS) is 26.2. The van der Waals surface area contributed by atoms with Crippen molar-refractivity contribution in [3.05, 3.63) is 11.1 Å². The second-order valence-corrected chi connectivity index (χ2v) is 5.58. The van der Waals surface area contributed by atoms with Gasteiger partial charge in [0.05, 0.1) is 0 Å². The summed E-state index contributed by atoms with van der Waals surface area (Å²) in [4.78, 5) is 8.26. The lowest BCUT2D eigenvalue weighted by atomic mass is 10.1. The number of aromatic nitrogens is 1. The Morgan fingerprint density at radius 3 is 3.00 bits per heavy atom. The summed E-state index contributed by atoms with van der Waals surface area (Å²) < 4.78 is 0. The Labute approximate surface area is 95.5 Å². The standard InChI is InChI=1S/C11H19N3S/c1-8-4-9(2)14(7-8)11-13-6-10(15-11)5-12-3/h6,8-9,12H,4-5,7H2,1-3H3. The first-order valence-corrected chi connectivity index (χ1v) is 6.38. The van der Waals surface area contributed by atoms with Gasteiger partial charge in [-0.1, -0.05) is 6.92 Å². The van der Waals surface area contributed by atoms with Crippen LogP contribution in [0, 0.1) is 5.92 Å². The van der Waals surface area contributed by atoms with Gasteiger partial charge in [-0.3, -0.25) is 0 Å². The second-order valence-electron chi connectivity index (χ2n) is 4.48. The van der Waals surface area contributed by atoms with E-state index in [1.165, 1.54) is 16.4 Å². The zero-order chi connectivity index (χ0) is 10.8. The molecule has 1 saturated heterocycles. The van der Waals surface area contributed by atoms with Gasteiger partial charge in [-0.05, 0) is 26.3 Å². The van der Waals surface area contributed by atoms with E-state index in [9.17, 15) is 0 Å². The molecule has 0 aromatic carbocycles. The summed E-state index contributed by atoms with van der Waals surface area (Å²) in [5, 5.41) is 4.35. The van der Waals surface area contributed by atoms with E-state index in [0.717, 1.165) is 19.0 Å². The topological polar surface area (TPSA) is 28.2 Å². The van der Waals surface area contributed by atoms with Crippen molar-refractivity contribution < 1.29 is 0 Å². The quantitative estimate of drug-likeness (QED) is 0.854. The highest BCUT2D eigenvalue weighted by Crippen LogP contribution is 2.31. The summed E-state index contributed by atoms with van der Waals surface area (Å²) in [5.41, 5.74) is 0. The molecule has 0 amide bonds. The minimum Gasteiger partial charge on any atom is -0.345 e. The summed E-state index contributed by atoms with van der Waals surface area (Å²) >= 11 is 1.81. The van der Waals surface area contributed by atoms with Crippen molar-refractivity contribution in [2.24, 2.45) is 5.92 Å². The predicted octanol–water partition coefficient (Wildman–Crippen LogP) is 2.10. The molecule has 0 radical (unpaired) electrons. The van der Waals surface area contributed by atoms with E-state index in [4.69, 9.17) is 0 Å². The molecule has 0 bridgehead atoms. The Kier molecular flexibility index (Phi) is 3.26. The van der Waals surface area contributed by atoms with Gasteiger partial charge in [0.1, 0.15) is 0 Å². The number of hydrogen-bond acceptors (Lipinski definition) is 4. The Morgan fingerprint density at radius 2 is 2.40 bits per heavy atom. The Bertz CT molecular complexity index is 323. The third-order valence-corrected chi connectivity index (χ3v) is 3.96. The zero-order valence-electron chi connectivity index (χ0n) is 9.66. The van der Waals surface area contributed by atoms with Gasteiger partial charge in [-0.15, -0.1) is 11.3 Å². The van der Waals surface area contributed by atoms with Gasteiger partial charge in [0, 0.05) is 30.2 Å². The summed E-state index contributed by atoms with van der Waals surface area (Å²) in [6.07, 6.45) is 3.28. The van der Waals surface area contributed by atoms with E-state index in [1.807, 2.05) is 24.6 Å². The van der Waals surface area contributed by atoms with Gasteiger partial charge in [0.25, 0.3) is 0 Å². The maximum Gasteiger partial charge on any atom is 0.185 e. The van der Waals surface area contributed by atoms with Crippen molar-refractivity contribution in [1.29, 1.82) is 0 Å². The Balaban J connectivity index is 2.08. The molecular weight excluding hydrogens is 206 g/mol. The highest BCUT2D eigenvalue weighted by molar-refractivity contribution is 7.15. The molecule has 2 unspecified atom stereocenters. The van der Waals surface area contributed by atoms with Crippen LogP contribution in [0.3, 0.4) is 0 Å². The monoisotopic (exact) mass is 225 g/mol. The maximum absolute atomic E-state index is 4.51. The lowest BCUT2D eigenvalue weighted by molar-refractivity contribution is 0.625. The van der Waals surface area contributed by atoms with Crippen LogP contribution in [0.15, 0.2) is 6.20 Å². The van der Waals surface area contributed by atoms with Gasteiger partial charge < -0.3 is 10.2 Å². The molecule has 1 aliphatic heterocycles. The first kappa shape index (κ1) is 10.9. The summed E-state index contributed by atoms with van der Waals surface area (Å²) in [7, 11) is 1.97. The molecule has 1 aromatic heterocycles. The highest BCUT2D eigenvalue weighted by Gasteiger charge is 2.27. The van der Waals surface area contributed by atoms with Crippen LogP contribution in [0.25, 0.3) is 0 Å². The van der Waals surface area contributed by atoms with Crippen LogP contribution in [-0.2, 0) is 6.54 Å². The molecule has 1 aromatic rings. The van der Waals surface area contributed by atoms with Crippen LogP contribution >= 0.6 is 11.3 Å². The fraction of sp³-hybridized carbons (Fsp3) is 0.727. The fourth-order valence-corrected chi connectivity index (χ4v) is 3.29. The van der Waals surface area contributed by atoms with E-state index >= 15 is 0 Å². The number of anilines is 1. The molecule has 3 nitrogen and oxygen atoms in total. The maximum atomic E-state index is 4.51. The lowest BCUT2D eigenvalue weighted by Crippen LogP contribution is -2.26. The smallest absolute Gasteiger partial charge is 0.185 e. The second kappa shape index (κ2) is 4.49. The van der Waals surface area contributed by atoms with Crippen LogP contribution < -0.4 is 10.2 Å². The van der Waals surface area contributed by atoms with Crippen LogP contribution in [0.1, 0.15) is 25.1 Å². The first-order chi connectivity index (χ1) is 7.20. The predicted molar refractivity (Wildman–Crippen MR) is 65.5 cm³/mol. The highest BCUT2D eigenvalue weighted by atomic mass is 32.1. The van der Waals surface area contributed by atoms with E-state index in [1.54, 1.807) is 0 Å². The van der Waals surface area contributed by atoms with Crippen LogP contribution in [0.2, 0.25) is 0 Å². The fourth-order valence-electron chi connectivity index (χ4n) is 2.25. The number of nitrogens with one attached hydrogen (secondary N) is 1. The molecular formula is C11H19N3S. The minimum atomic E-state index is 0.647. The lowest BCUT2D eigenvalue weighted by Gasteiger charge is -2.19. The molecule has 2 rings (SSSR count). The van der Waals surface area contributed by atoms with Crippen molar-refractivity contribution in [3.8, 4) is 0 Å². The summed E-state index contributed by atoms with van der Waals surface area (Å²) in [5.74, 6) is 0.802.